The molecule has 82 valence electrons. The van der Waals surface area contributed by atoms with E-state index in [4.69, 9.17) is 4.74 Å². The molecule has 2 aliphatic rings. The lowest BCUT2D eigenvalue weighted by Crippen LogP contribution is -2.49. The van der Waals surface area contributed by atoms with Crippen LogP contribution in [0.4, 0.5) is 0 Å². The molecule has 0 unspecified atom stereocenters. The summed E-state index contributed by atoms with van der Waals surface area (Å²) in [6.07, 6.45) is 2.47. The first kappa shape index (κ1) is 11.4. The van der Waals surface area contributed by atoms with Crippen LogP contribution in [0.2, 0.25) is 0 Å². The van der Waals surface area contributed by atoms with Crippen molar-refractivity contribution in [3.63, 3.8) is 0 Å². The number of hydrogen-bond donors (Lipinski definition) is 0. The Hall–Kier alpha value is 0.960. The Balaban J connectivity index is 1.76. The molecular weight excluding hydrogens is 311 g/mol. The van der Waals surface area contributed by atoms with Crippen molar-refractivity contribution in [1.82, 2.24) is 9.21 Å². The topological polar surface area (TPSA) is 15.7 Å². The van der Waals surface area contributed by atoms with Crippen molar-refractivity contribution in [2.24, 2.45) is 0 Å². The molecule has 0 saturated carbocycles. The third-order valence-corrected chi connectivity index (χ3v) is 5.31. The quantitative estimate of drug-likeness (QED) is 0.567. The maximum Gasteiger partial charge on any atom is 0.0480 e. The third-order valence-electron chi connectivity index (χ3n) is 3.08. The summed E-state index contributed by atoms with van der Waals surface area (Å²) in [4.78, 5) is 2.64. The van der Waals surface area contributed by atoms with E-state index in [0.717, 1.165) is 19.3 Å². The van der Waals surface area contributed by atoms with Crippen molar-refractivity contribution >= 4 is 30.3 Å². The van der Waals surface area contributed by atoms with Gasteiger partial charge in [0.2, 0.25) is 0 Å². The highest BCUT2D eigenvalue weighted by Gasteiger charge is 2.25. The maximum atomic E-state index is 5.39. The number of piperazine rings is 1. The molecule has 0 spiro atoms. The Morgan fingerprint density at radius 2 is 1.71 bits per heavy atom. The Bertz CT molecular complexity index is 170. The van der Waals surface area contributed by atoms with E-state index in [1.165, 1.54) is 39.0 Å². The number of hydrogen-bond acceptors (Lipinski definition) is 4. The van der Waals surface area contributed by atoms with Gasteiger partial charge in [-0.2, -0.15) is 0 Å². The Morgan fingerprint density at radius 1 is 1.07 bits per heavy atom. The van der Waals surface area contributed by atoms with E-state index in [9.17, 15) is 0 Å². The molecule has 0 aromatic heterocycles. The maximum absolute atomic E-state index is 5.39. The van der Waals surface area contributed by atoms with Gasteiger partial charge in [0.15, 0.2) is 0 Å². The lowest BCUT2D eigenvalue weighted by atomic mass is 10.1. The predicted molar refractivity (Wildman–Crippen MR) is 68.6 cm³/mol. The first-order chi connectivity index (χ1) is 6.90. The molecule has 5 heteroatoms. The molecule has 2 heterocycles. The van der Waals surface area contributed by atoms with E-state index in [1.54, 1.807) is 0 Å². The number of rotatable bonds is 2. The number of nitrogens with zero attached hydrogens (tertiary/aromatic N) is 2. The van der Waals surface area contributed by atoms with Crippen molar-refractivity contribution in [2.45, 2.75) is 18.9 Å². The summed E-state index contributed by atoms with van der Waals surface area (Å²) in [6.45, 7) is 6.83. The summed E-state index contributed by atoms with van der Waals surface area (Å²) in [5.41, 5.74) is 0. The summed E-state index contributed by atoms with van der Waals surface area (Å²) in [5, 5.41) is 0. The molecule has 0 N–H and O–H groups in total. The van der Waals surface area contributed by atoms with Gasteiger partial charge >= 0.3 is 0 Å². The lowest BCUT2D eigenvalue weighted by Gasteiger charge is -2.39. The molecular formula is C9H17IN2OS. The van der Waals surface area contributed by atoms with Crippen LogP contribution in [0.3, 0.4) is 0 Å². The second kappa shape index (κ2) is 5.89. The van der Waals surface area contributed by atoms with E-state index in [2.05, 4.69) is 30.4 Å². The smallest absolute Gasteiger partial charge is 0.0480 e. The van der Waals surface area contributed by atoms with Gasteiger partial charge in [-0.05, 0) is 22.0 Å². The van der Waals surface area contributed by atoms with Gasteiger partial charge in [0.05, 0.1) is 0 Å². The zero-order valence-electron chi connectivity index (χ0n) is 8.32. The molecule has 0 aliphatic carbocycles. The molecule has 14 heavy (non-hydrogen) atoms. The van der Waals surface area contributed by atoms with E-state index in [1.807, 2.05) is 9.12 Å². The zero-order chi connectivity index (χ0) is 9.80. The molecule has 2 saturated heterocycles. The second-order valence-electron chi connectivity index (χ2n) is 3.88. The van der Waals surface area contributed by atoms with Crippen LogP contribution in [-0.2, 0) is 4.74 Å². The number of ether oxygens (including phenoxy) is 1. The molecule has 0 amide bonds. The molecule has 0 bridgehead atoms. The summed E-state index contributed by atoms with van der Waals surface area (Å²) < 4.78 is 7.83. The van der Waals surface area contributed by atoms with Gasteiger partial charge in [0, 0.05) is 66.6 Å². The summed E-state index contributed by atoms with van der Waals surface area (Å²) in [5.74, 6) is 0. The van der Waals surface area contributed by atoms with Crippen molar-refractivity contribution in [2.75, 3.05) is 39.4 Å². The summed E-state index contributed by atoms with van der Waals surface area (Å²) >= 11 is 2.37. The number of halogens is 1. The van der Waals surface area contributed by atoms with Crippen molar-refractivity contribution in [3.8, 4) is 0 Å². The Morgan fingerprint density at radius 3 is 2.29 bits per heavy atom. The van der Waals surface area contributed by atoms with Gasteiger partial charge in [-0.3, -0.25) is 4.90 Å². The third kappa shape index (κ3) is 2.98. The average molecular weight is 328 g/mol. The highest BCUT2D eigenvalue weighted by Crippen LogP contribution is 2.22. The predicted octanol–water partition coefficient (Wildman–Crippen LogP) is 1.78. The fourth-order valence-corrected chi connectivity index (χ4v) is 3.67. The lowest BCUT2D eigenvalue weighted by molar-refractivity contribution is 0.0240. The van der Waals surface area contributed by atoms with Crippen molar-refractivity contribution in [1.29, 1.82) is 0 Å². The molecule has 3 nitrogen and oxygen atoms in total. The first-order valence-corrected chi connectivity index (χ1v) is 8.57. The Labute approximate surface area is 102 Å². The van der Waals surface area contributed by atoms with Crippen molar-refractivity contribution < 1.29 is 4.74 Å². The SMILES string of the molecule is ISN1CCN(C2CCOCC2)CC1. The molecule has 2 fully saturated rings. The molecule has 0 aromatic rings. The molecule has 0 atom stereocenters. The van der Waals surface area contributed by atoms with Crippen LogP contribution < -0.4 is 0 Å². The van der Waals surface area contributed by atoms with E-state index in [-0.39, 0.29) is 0 Å². The van der Waals surface area contributed by atoms with Crippen molar-refractivity contribution in [3.05, 3.63) is 0 Å². The van der Waals surface area contributed by atoms with Crippen LogP contribution in [0.25, 0.3) is 0 Å². The van der Waals surface area contributed by atoms with Gasteiger partial charge in [-0.15, -0.1) is 0 Å². The fraction of sp³-hybridized carbons (Fsp3) is 1.00. The zero-order valence-corrected chi connectivity index (χ0v) is 11.3. The minimum Gasteiger partial charge on any atom is -0.381 e. The van der Waals surface area contributed by atoms with Gasteiger partial charge in [-0.1, -0.05) is 0 Å². The Kier molecular flexibility index (Phi) is 4.81. The summed E-state index contributed by atoms with van der Waals surface area (Å²) in [6, 6.07) is 0.796. The first-order valence-electron chi connectivity index (χ1n) is 5.25. The van der Waals surface area contributed by atoms with Crippen LogP contribution in [0.1, 0.15) is 12.8 Å². The van der Waals surface area contributed by atoms with Crippen LogP contribution in [0, 0.1) is 0 Å². The van der Waals surface area contributed by atoms with E-state index in [0.29, 0.717) is 0 Å². The monoisotopic (exact) mass is 328 g/mol. The normalized spacial score (nSPS) is 28.1. The highest BCUT2D eigenvalue weighted by atomic mass is 127. The minimum atomic E-state index is 0.796. The van der Waals surface area contributed by atoms with E-state index < -0.39 is 0 Å². The molecule has 2 aliphatic heterocycles. The van der Waals surface area contributed by atoms with Crippen LogP contribution in [0.5, 0.6) is 0 Å². The summed E-state index contributed by atoms with van der Waals surface area (Å²) in [7, 11) is 1.85. The highest BCUT2D eigenvalue weighted by molar-refractivity contribution is 14.2. The largest absolute Gasteiger partial charge is 0.381 e. The van der Waals surface area contributed by atoms with Gasteiger partial charge in [0.1, 0.15) is 0 Å². The van der Waals surface area contributed by atoms with Crippen LogP contribution in [-0.4, -0.2) is 54.6 Å². The minimum absolute atomic E-state index is 0.796. The van der Waals surface area contributed by atoms with Gasteiger partial charge in [0.25, 0.3) is 0 Å². The fourth-order valence-electron chi connectivity index (χ4n) is 2.19. The van der Waals surface area contributed by atoms with E-state index >= 15 is 0 Å². The molecule has 2 rings (SSSR count). The van der Waals surface area contributed by atoms with Gasteiger partial charge in [-0.25, -0.2) is 4.31 Å². The van der Waals surface area contributed by atoms with Crippen LogP contribution >= 0.6 is 30.3 Å². The van der Waals surface area contributed by atoms with Crippen LogP contribution in [0.15, 0.2) is 0 Å². The standard InChI is InChI=1S/C9H17IN2OS/c10-14-12-5-3-11(4-6-12)9-1-7-13-8-2-9/h9H,1-8H2. The second-order valence-corrected chi connectivity index (χ2v) is 5.71. The molecule has 0 aromatic carbocycles. The average Bonchev–Trinajstić information content (AvgIpc) is 2.30. The molecule has 0 radical (unpaired) electrons. The van der Waals surface area contributed by atoms with Gasteiger partial charge < -0.3 is 4.74 Å².